The number of nitrogens with one attached hydrogen (secondary N) is 1. The Morgan fingerprint density at radius 1 is 1.19 bits per heavy atom. The SMILES string of the molecule is CC1(C)C(NCC2CCCC2)C2CCOC21. The monoisotopic (exact) mass is 223 g/mol. The van der Waals surface area contributed by atoms with Crippen LogP contribution in [0, 0.1) is 17.3 Å². The molecule has 3 fully saturated rings. The fourth-order valence-electron chi connectivity index (χ4n) is 4.25. The van der Waals surface area contributed by atoms with E-state index in [1.807, 2.05) is 0 Å². The van der Waals surface area contributed by atoms with E-state index in [4.69, 9.17) is 4.74 Å². The lowest BCUT2D eigenvalue weighted by atomic mass is 9.57. The summed E-state index contributed by atoms with van der Waals surface area (Å²) in [6.07, 6.45) is 7.62. The molecule has 2 nitrogen and oxygen atoms in total. The highest BCUT2D eigenvalue weighted by atomic mass is 16.5. The molecule has 1 N–H and O–H groups in total. The van der Waals surface area contributed by atoms with Crippen molar-refractivity contribution in [2.75, 3.05) is 13.2 Å². The van der Waals surface area contributed by atoms with Gasteiger partial charge >= 0.3 is 0 Å². The molecule has 3 rings (SSSR count). The Kier molecular flexibility index (Phi) is 2.75. The molecule has 1 heterocycles. The topological polar surface area (TPSA) is 21.3 Å². The summed E-state index contributed by atoms with van der Waals surface area (Å²) < 4.78 is 5.83. The van der Waals surface area contributed by atoms with E-state index in [0.29, 0.717) is 17.6 Å². The number of hydrogen-bond acceptors (Lipinski definition) is 2. The summed E-state index contributed by atoms with van der Waals surface area (Å²) in [6.45, 7) is 6.97. The molecule has 2 aliphatic carbocycles. The van der Waals surface area contributed by atoms with E-state index >= 15 is 0 Å². The van der Waals surface area contributed by atoms with E-state index in [2.05, 4.69) is 19.2 Å². The molecule has 92 valence electrons. The number of hydrogen-bond donors (Lipinski definition) is 1. The van der Waals surface area contributed by atoms with E-state index in [1.54, 1.807) is 0 Å². The van der Waals surface area contributed by atoms with Gasteiger partial charge in [0.15, 0.2) is 0 Å². The van der Waals surface area contributed by atoms with Crippen LogP contribution in [0.5, 0.6) is 0 Å². The Labute approximate surface area is 99.1 Å². The highest BCUT2D eigenvalue weighted by Crippen LogP contribution is 2.52. The van der Waals surface area contributed by atoms with Gasteiger partial charge < -0.3 is 10.1 Å². The van der Waals surface area contributed by atoms with Gasteiger partial charge in [-0.25, -0.2) is 0 Å². The average molecular weight is 223 g/mol. The first-order valence-electron chi connectivity index (χ1n) is 7.04. The lowest BCUT2D eigenvalue weighted by Crippen LogP contribution is -2.66. The van der Waals surface area contributed by atoms with Gasteiger partial charge in [-0.2, -0.15) is 0 Å². The predicted molar refractivity (Wildman–Crippen MR) is 65.4 cm³/mol. The second-order valence-electron chi connectivity index (χ2n) is 6.60. The van der Waals surface area contributed by atoms with Crippen molar-refractivity contribution in [3.63, 3.8) is 0 Å². The molecule has 0 spiro atoms. The third kappa shape index (κ3) is 1.62. The Morgan fingerprint density at radius 2 is 1.94 bits per heavy atom. The third-order valence-corrected chi connectivity index (χ3v) is 5.20. The maximum absolute atomic E-state index is 5.83. The second kappa shape index (κ2) is 3.99. The summed E-state index contributed by atoms with van der Waals surface area (Å²) in [6, 6.07) is 0.709. The van der Waals surface area contributed by atoms with Crippen LogP contribution in [0.1, 0.15) is 46.0 Å². The number of rotatable bonds is 3. The van der Waals surface area contributed by atoms with Gasteiger partial charge in [-0.05, 0) is 31.7 Å². The Bertz CT molecular complexity index is 257. The molecular weight excluding hydrogens is 198 g/mol. The van der Waals surface area contributed by atoms with Crippen LogP contribution >= 0.6 is 0 Å². The second-order valence-corrected chi connectivity index (χ2v) is 6.60. The van der Waals surface area contributed by atoms with Crippen LogP contribution in [0.2, 0.25) is 0 Å². The quantitative estimate of drug-likeness (QED) is 0.794. The van der Waals surface area contributed by atoms with Gasteiger partial charge in [0.05, 0.1) is 6.10 Å². The van der Waals surface area contributed by atoms with Crippen molar-refractivity contribution in [1.82, 2.24) is 5.32 Å². The van der Waals surface area contributed by atoms with Crippen LogP contribution < -0.4 is 5.32 Å². The lowest BCUT2D eigenvalue weighted by molar-refractivity contribution is -0.113. The van der Waals surface area contributed by atoms with Crippen molar-refractivity contribution in [2.45, 2.75) is 58.1 Å². The summed E-state index contributed by atoms with van der Waals surface area (Å²) >= 11 is 0. The van der Waals surface area contributed by atoms with Gasteiger partial charge in [0, 0.05) is 24.0 Å². The van der Waals surface area contributed by atoms with Crippen molar-refractivity contribution in [1.29, 1.82) is 0 Å². The molecular formula is C14H25NO. The zero-order chi connectivity index (χ0) is 11.2. The Balaban J connectivity index is 1.54. The Hall–Kier alpha value is -0.0800. The van der Waals surface area contributed by atoms with Crippen LogP contribution in [0.3, 0.4) is 0 Å². The highest BCUT2D eigenvalue weighted by Gasteiger charge is 2.58. The summed E-state index contributed by atoms with van der Waals surface area (Å²) in [5.41, 5.74) is 0.361. The van der Waals surface area contributed by atoms with Crippen LogP contribution in [-0.2, 0) is 4.74 Å². The standard InChI is InChI=1S/C14H25NO/c1-14(2)12(11-7-8-16-13(11)14)15-9-10-5-3-4-6-10/h10-13,15H,3-9H2,1-2H3. The molecule has 2 heteroatoms. The molecule has 0 radical (unpaired) electrons. The lowest BCUT2D eigenvalue weighted by Gasteiger charge is -2.55. The summed E-state index contributed by atoms with van der Waals surface area (Å²) in [4.78, 5) is 0. The molecule has 0 bridgehead atoms. The van der Waals surface area contributed by atoms with E-state index in [9.17, 15) is 0 Å². The van der Waals surface area contributed by atoms with Gasteiger partial charge in [-0.15, -0.1) is 0 Å². The smallest absolute Gasteiger partial charge is 0.0685 e. The molecule has 3 aliphatic rings. The fraction of sp³-hybridized carbons (Fsp3) is 1.00. The van der Waals surface area contributed by atoms with Gasteiger partial charge in [-0.3, -0.25) is 0 Å². The molecule has 3 atom stereocenters. The van der Waals surface area contributed by atoms with Crippen molar-refractivity contribution in [3.8, 4) is 0 Å². The number of fused-ring (bicyclic) bond motifs is 1. The minimum Gasteiger partial charge on any atom is -0.377 e. The first kappa shape index (κ1) is 11.0. The van der Waals surface area contributed by atoms with Crippen molar-refractivity contribution in [2.24, 2.45) is 17.3 Å². The van der Waals surface area contributed by atoms with Gasteiger partial charge in [0.25, 0.3) is 0 Å². The van der Waals surface area contributed by atoms with Crippen molar-refractivity contribution >= 4 is 0 Å². The molecule has 1 saturated heterocycles. The largest absolute Gasteiger partial charge is 0.377 e. The molecule has 0 amide bonds. The van der Waals surface area contributed by atoms with E-state index in [0.717, 1.165) is 18.4 Å². The van der Waals surface area contributed by atoms with Gasteiger partial charge in [0.2, 0.25) is 0 Å². The zero-order valence-electron chi connectivity index (χ0n) is 10.7. The highest BCUT2D eigenvalue weighted by molar-refractivity contribution is 5.11. The first-order chi connectivity index (χ1) is 7.69. The Morgan fingerprint density at radius 3 is 2.69 bits per heavy atom. The van der Waals surface area contributed by atoms with Gasteiger partial charge in [-0.1, -0.05) is 26.7 Å². The van der Waals surface area contributed by atoms with Crippen molar-refractivity contribution < 1.29 is 4.74 Å². The number of ether oxygens (including phenoxy) is 1. The summed E-state index contributed by atoms with van der Waals surface area (Å²) in [5.74, 6) is 1.76. The van der Waals surface area contributed by atoms with Gasteiger partial charge in [0.1, 0.15) is 0 Å². The normalized spacial score (nSPS) is 42.0. The van der Waals surface area contributed by atoms with Crippen LogP contribution in [-0.4, -0.2) is 25.3 Å². The van der Waals surface area contributed by atoms with E-state index < -0.39 is 0 Å². The maximum atomic E-state index is 5.83. The summed E-state index contributed by atoms with van der Waals surface area (Å²) in [5, 5.41) is 3.84. The zero-order valence-corrected chi connectivity index (χ0v) is 10.7. The fourth-order valence-corrected chi connectivity index (χ4v) is 4.25. The molecule has 0 aromatic carbocycles. The van der Waals surface area contributed by atoms with Crippen molar-refractivity contribution in [3.05, 3.63) is 0 Å². The maximum Gasteiger partial charge on any atom is 0.0685 e. The third-order valence-electron chi connectivity index (χ3n) is 5.20. The van der Waals surface area contributed by atoms with Crippen LogP contribution in [0.15, 0.2) is 0 Å². The minimum atomic E-state index is 0.361. The molecule has 1 aliphatic heterocycles. The molecule has 16 heavy (non-hydrogen) atoms. The predicted octanol–water partition coefficient (Wildman–Crippen LogP) is 2.58. The van der Waals surface area contributed by atoms with Crippen LogP contribution in [0.25, 0.3) is 0 Å². The molecule has 2 saturated carbocycles. The van der Waals surface area contributed by atoms with Crippen LogP contribution in [0.4, 0.5) is 0 Å². The van der Waals surface area contributed by atoms with E-state index in [1.165, 1.54) is 38.6 Å². The molecule has 0 aromatic heterocycles. The molecule has 0 aromatic rings. The molecule has 3 unspecified atom stereocenters. The average Bonchev–Trinajstić information content (AvgIpc) is 2.86. The van der Waals surface area contributed by atoms with E-state index in [-0.39, 0.29) is 0 Å². The summed E-state index contributed by atoms with van der Waals surface area (Å²) in [7, 11) is 0. The first-order valence-corrected chi connectivity index (χ1v) is 7.04. The minimum absolute atomic E-state index is 0.361.